The zero-order valence-corrected chi connectivity index (χ0v) is 29.6. The molecule has 0 aliphatic heterocycles. The van der Waals surface area contributed by atoms with E-state index < -0.39 is 0 Å². The van der Waals surface area contributed by atoms with Gasteiger partial charge in [-0.25, -0.2) is 0 Å². The van der Waals surface area contributed by atoms with E-state index in [2.05, 4.69) is 69.2 Å². The molecule has 0 spiro atoms. The van der Waals surface area contributed by atoms with Crippen molar-refractivity contribution in [3.8, 4) is 5.75 Å². The first kappa shape index (κ1) is 45.2. The van der Waals surface area contributed by atoms with Crippen LogP contribution in [-0.4, -0.2) is 84.4 Å². The lowest BCUT2D eigenvalue weighted by atomic mass is 10.2. The Morgan fingerprint density at radius 3 is 1.36 bits per heavy atom. The van der Waals surface area contributed by atoms with Crippen LogP contribution in [0.5, 0.6) is 5.75 Å². The molecule has 42 heavy (non-hydrogen) atoms. The first-order chi connectivity index (χ1) is 20.1. The molecule has 0 bridgehead atoms. The molecule has 0 aliphatic rings. The average Bonchev–Trinajstić information content (AvgIpc) is 3.01. The lowest BCUT2D eigenvalue weighted by Gasteiger charge is -2.11. The highest BCUT2D eigenvalue weighted by molar-refractivity contribution is 5.20. The summed E-state index contributed by atoms with van der Waals surface area (Å²) in [5.41, 5.74) is 0. The minimum absolute atomic E-state index is 0.328. The second-order valence-electron chi connectivity index (χ2n) is 10.6. The van der Waals surface area contributed by atoms with Crippen molar-refractivity contribution < 1.29 is 33.2 Å². The molecule has 4 atom stereocenters. The van der Waals surface area contributed by atoms with E-state index in [1.807, 2.05) is 37.3 Å². The van der Waals surface area contributed by atoms with Gasteiger partial charge in [0.05, 0.1) is 57.5 Å². The Hall–Kier alpha value is -1.22. The molecule has 1 rings (SSSR count). The van der Waals surface area contributed by atoms with E-state index in [-0.39, 0.29) is 0 Å². The van der Waals surface area contributed by atoms with Gasteiger partial charge in [0.25, 0.3) is 0 Å². The molecule has 4 unspecified atom stereocenters. The van der Waals surface area contributed by atoms with Gasteiger partial charge in [-0.05, 0) is 78.4 Å². The van der Waals surface area contributed by atoms with Crippen LogP contribution < -0.4 is 4.74 Å². The maximum Gasteiger partial charge on any atom is 0.119 e. The van der Waals surface area contributed by atoms with Gasteiger partial charge in [0.15, 0.2) is 0 Å². The molecule has 1 aromatic rings. The zero-order valence-electron chi connectivity index (χ0n) is 29.6. The van der Waals surface area contributed by atoms with E-state index >= 15 is 0 Å². The number of hydrogen-bond acceptors (Lipinski definition) is 7. The highest BCUT2D eigenvalue weighted by atomic mass is 16.5. The van der Waals surface area contributed by atoms with Crippen molar-refractivity contribution in [2.75, 3.05) is 60.0 Å². The van der Waals surface area contributed by atoms with Crippen molar-refractivity contribution >= 4 is 0 Å². The van der Waals surface area contributed by atoms with Gasteiger partial charge in [-0.2, -0.15) is 0 Å². The molecule has 252 valence electrons. The van der Waals surface area contributed by atoms with E-state index in [1.54, 1.807) is 7.11 Å². The molecule has 0 aromatic heterocycles. The van der Waals surface area contributed by atoms with Gasteiger partial charge < -0.3 is 33.2 Å². The summed E-state index contributed by atoms with van der Waals surface area (Å²) in [6.45, 7) is 29.0. The van der Waals surface area contributed by atoms with Crippen LogP contribution in [-0.2, 0) is 28.4 Å². The Labute approximate surface area is 261 Å². The molecule has 0 radical (unpaired) electrons. The maximum absolute atomic E-state index is 5.49. The fourth-order valence-corrected chi connectivity index (χ4v) is 2.54. The van der Waals surface area contributed by atoms with E-state index in [4.69, 9.17) is 33.2 Å². The quantitative estimate of drug-likeness (QED) is 0.131. The van der Waals surface area contributed by atoms with Crippen LogP contribution >= 0.6 is 0 Å². The van der Waals surface area contributed by atoms with Crippen LogP contribution in [0.4, 0.5) is 0 Å². The molecule has 0 aliphatic carbocycles. The Balaban J connectivity index is -0.000000494. The Morgan fingerprint density at radius 2 is 0.952 bits per heavy atom. The average molecular weight is 603 g/mol. The number of benzene rings is 1. The molecule has 0 amide bonds. The van der Waals surface area contributed by atoms with Crippen molar-refractivity contribution in [1.82, 2.24) is 0 Å². The lowest BCUT2D eigenvalue weighted by molar-refractivity contribution is 0.0142. The van der Waals surface area contributed by atoms with E-state index in [1.165, 1.54) is 0 Å². The van der Waals surface area contributed by atoms with Crippen molar-refractivity contribution in [3.63, 3.8) is 0 Å². The predicted octanol–water partition coefficient (Wildman–Crippen LogP) is 8.62. The summed E-state index contributed by atoms with van der Waals surface area (Å²) >= 11 is 0. The molecule has 0 N–H and O–H groups in total. The minimum atomic E-state index is 0.328. The standard InChI is InChI=1S/C12H18O2.C8H18O2.C8H18O.C7H16O2/c1-3-11(2)13-9-10-14-12-7-5-4-6-8-12;1-4-8(3)10-7-6-9-5-2;1-5-8(4)9-6-7(2)3;1-4-7(2)9-6-5-8-3/h4-8,11H,3,9-10H2,1-2H3;8H,4-7H2,1-3H3;7-8H,5-6H2,1-4H3;7H,4-6H2,1-3H3. The summed E-state index contributed by atoms with van der Waals surface area (Å²) in [6, 6.07) is 9.80. The number of rotatable bonds is 21. The molecule has 7 heteroatoms. The highest BCUT2D eigenvalue weighted by Crippen LogP contribution is 2.08. The lowest BCUT2D eigenvalue weighted by Crippen LogP contribution is -2.13. The normalized spacial score (nSPS) is 13.4. The molecule has 7 nitrogen and oxygen atoms in total. The number of para-hydroxylation sites is 1. The van der Waals surface area contributed by atoms with Crippen molar-refractivity contribution in [1.29, 1.82) is 0 Å². The topological polar surface area (TPSA) is 64.6 Å². The molecule has 0 fully saturated rings. The summed E-state index contributed by atoms with van der Waals surface area (Å²) in [4.78, 5) is 0. The second kappa shape index (κ2) is 36.0. The third-order valence-corrected chi connectivity index (χ3v) is 6.04. The summed E-state index contributed by atoms with van der Waals surface area (Å²) in [6.07, 6.45) is 5.83. The Bertz CT molecular complexity index is 600. The number of methoxy groups -OCH3 is 1. The second-order valence-corrected chi connectivity index (χ2v) is 10.6. The van der Waals surface area contributed by atoms with Crippen molar-refractivity contribution in [3.05, 3.63) is 30.3 Å². The minimum Gasteiger partial charge on any atom is -0.491 e. The molecule has 1 aromatic carbocycles. The first-order valence-corrected chi connectivity index (χ1v) is 16.3. The molecular formula is C35H70O7. The van der Waals surface area contributed by atoms with Crippen molar-refractivity contribution in [2.24, 2.45) is 5.92 Å². The van der Waals surface area contributed by atoms with Gasteiger partial charge in [0.2, 0.25) is 0 Å². The largest absolute Gasteiger partial charge is 0.491 e. The van der Waals surface area contributed by atoms with Crippen LogP contribution in [0.2, 0.25) is 0 Å². The number of ether oxygens (including phenoxy) is 7. The monoisotopic (exact) mass is 603 g/mol. The smallest absolute Gasteiger partial charge is 0.119 e. The molecular weight excluding hydrogens is 532 g/mol. The summed E-state index contributed by atoms with van der Waals surface area (Å²) in [5.74, 6) is 1.57. The molecule has 0 heterocycles. The maximum atomic E-state index is 5.49. The summed E-state index contributed by atoms with van der Waals surface area (Å²) in [5, 5.41) is 0. The van der Waals surface area contributed by atoms with Gasteiger partial charge in [0, 0.05) is 20.3 Å². The van der Waals surface area contributed by atoms with Gasteiger partial charge in [-0.1, -0.05) is 59.7 Å². The summed E-state index contributed by atoms with van der Waals surface area (Å²) < 4.78 is 37.0. The SMILES string of the molecule is CCC(C)OCC(C)C.CCC(C)OCCOC.CCC(C)OCCOc1ccccc1.CCOCCOC(C)CC. The molecule has 0 saturated heterocycles. The van der Waals surface area contributed by atoms with Crippen LogP contribution in [0.3, 0.4) is 0 Å². The number of hydrogen-bond donors (Lipinski definition) is 0. The fourth-order valence-electron chi connectivity index (χ4n) is 2.54. The van der Waals surface area contributed by atoms with E-state index in [9.17, 15) is 0 Å². The van der Waals surface area contributed by atoms with Gasteiger partial charge >= 0.3 is 0 Å². The van der Waals surface area contributed by atoms with Crippen LogP contribution in [0.1, 0.15) is 102 Å². The molecule has 0 saturated carbocycles. The van der Waals surface area contributed by atoms with Gasteiger partial charge in [0.1, 0.15) is 12.4 Å². The third-order valence-electron chi connectivity index (χ3n) is 6.04. The van der Waals surface area contributed by atoms with Crippen molar-refractivity contribution in [2.45, 2.75) is 126 Å². The fraction of sp³-hybridized carbons (Fsp3) is 0.829. The first-order valence-electron chi connectivity index (χ1n) is 16.3. The predicted molar refractivity (Wildman–Crippen MR) is 178 cm³/mol. The van der Waals surface area contributed by atoms with Gasteiger partial charge in [-0.15, -0.1) is 0 Å². The highest BCUT2D eigenvalue weighted by Gasteiger charge is 2.00. The van der Waals surface area contributed by atoms with Crippen LogP contribution in [0.25, 0.3) is 0 Å². The van der Waals surface area contributed by atoms with Gasteiger partial charge in [-0.3, -0.25) is 0 Å². The summed E-state index contributed by atoms with van der Waals surface area (Å²) in [7, 11) is 1.68. The van der Waals surface area contributed by atoms with E-state index in [0.717, 1.165) is 57.9 Å². The Kier molecular flexibility index (Phi) is 38.7. The zero-order chi connectivity index (χ0) is 32.4. The van der Waals surface area contributed by atoms with Crippen LogP contribution in [0, 0.1) is 5.92 Å². The third kappa shape index (κ3) is 38.8. The van der Waals surface area contributed by atoms with Crippen LogP contribution in [0.15, 0.2) is 30.3 Å². The van der Waals surface area contributed by atoms with E-state index in [0.29, 0.717) is 56.8 Å². The Morgan fingerprint density at radius 1 is 0.524 bits per heavy atom.